The van der Waals surface area contributed by atoms with Crippen LogP contribution in [-0.4, -0.2) is 46.6 Å². The predicted octanol–water partition coefficient (Wildman–Crippen LogP) is 0.0359. The van der Waals surface area contributed by atoms with Crippen LogP contribution < -0.4 is 0 Å². The molecule has 0 aliphatic carbocycles. The first-order chi connectivity index (χ1) is 6.07. The Hall–Kier alpha value is -1.10. The summed E-state index contributed by atoms with van der Waals surface area (Å²) >= 11 is 5.10. The maximum Gasteiger partial charge on any atom is 0.323 e. The summed E-state index contributed by atoms with van der Waals surface area (Å²) < 4.78 is 0. The lowest BCUT2D eigenvalue weighted by atomic mass is 10.3. The zero-order valence-electron chi connectivity index (χ0n) is 7.12. The minimum Gasteiger partial charge on any atom is -0.333 e. The van der Waals surface area contributed by atoms with E-state index in [4.69, 9.17) is 11.6 Å². The quantitative estimate of drug-likeness (QED) is 0.344. The number of piperazine rings is 1. The van der Waals surface area contributed by atoms with Crippen LogP contribution in [0.2, 0.25) is 0 Å². The third kappa shape index (κ3) is 1.80. The predicted molar refractivity (Wildman–Crippen MR) is 45.2 cm³/mol. The second-order valence-corrected chi connectivity index (χ2v) is 2.92. The number of carbonyl (C=O) groups is 3. The number of halogens is 1. The summed E-state index contributed by atoms with van der Waals surface area (Å²) in [6.45, 7) is 2.78. The number of nitrogens with zero attached hydrogens (tertiary/aromatic N) is 2. The highest BCUT2D eigenvalue weighted by Crippen LogP contribution is 2.07. The molecule has 1 rings (SSSR count). The van der Waals surface area contributed by atoms with Gasteiger partial charge in [0.1, 0.15) is 0 Å². The van der Waals surface area contributed by atoms with Crippen LogP contribution in [0.3, 0.4) is 0 Å². The van der Waals surface area contributed by atoms with Gasteiger partial charge in [0.2, 0.25) is 0 Å². The number of amides is 3. The second kappa shape index (κ2) is 3.74. The maximum absolute atomic E-state index is 11.2. The Balaban J connectivity index is 2.76. The first-order valence-electron chi connectivity index (χ1n) is 3.88. The van der Waals surface area contributed by atoms with E-state index in [1.54, 1.807) is 6.92 Å². The molecule has 72 valence electrons. The molecule has 0 bridgehead atoms. The molecular formula is C7H9ClN2O3. The van der Waals surface area contributed by atoms with Crippen molar-refractivity contribution in [3.8, 4) is 0 Å². The number of carbonyl (C=O) groups excluding carboxylic acids is 3. The van der Waals surface area contributed by atoms with Crippen LogP contribution in [0.4, 0.5) is 4.79 Å². The minimum atomic E-state index is -0.894. The van der Waals surface area contributed by atoms with Gasteiger partial charge in [0.05, 0.1) is 0 Å². The molecule has 0 spiro atoms. The van der Waals surface area contributed by atoms with E-state index in [2.05, 4.69) is 0 Å². The lowest BCUT2D eigenvalue weighted by molar-refractivity contribution is -0.153. The third-order valence-electron chi connectivity index (χ3n) is 1.90. The largest absolute Gasteiger partial charge is 0.333 e. The SMILES string of the molecule is CCN1CCN(C(=O)Cl)C(=O)C1=O. The van der Waals surface area contributed by atoms with Crippen molar-refractivity contribution in [2.24, 2.45) is 0 Å². The summed E-state index contributed by atoms with van der Waals surface area (Å²) in [6.07, 6.45) is 0. The molecule has 1 saturated heterocycles. The smallest absolute Gasteiger partial charge is 0.323 e. The highest BCUT2D eigenvalue weighted by atomic mass is 35.5. The van der Waals surface area contributed by atoms with Crippen LogP contribution in [0.15, 0.2) is 0 Å². The Kier molecular flexibility index (Phi) is 2.87. The number of hydrogen-bond donors (Lipinski definition) is 0. The second-order valence-electron chi connectivity index (χ2n) is 2.59. The van der Waals surface area contributed by atoms with Gasteiger partial charge in [-0.1, -0.05) is 0 Å². The van der Waals surface area contributed by atoms with Crippen molar-refractivity contribution in [1.82, 2.24) is 9.80 Å². The van der Waals surface area contributed by atoms with E-state index in [9.17, 15) is 14.4 Å². The van der Waals surface area contributed by atoms with E-state index in [0.717, 1.165) is 4.90 Å². The van der Waals surface area contributed by atoms with E-state index < -0.39 is 17.2 Å². The zero-order chi connectivity index (χ0) is 10.0. The van der Waals surface area contributed by atoms with Crippen LogP contribution in [0.5, 0.6) is 0 Å². The molecule has 0 aromatic heterocycles. The van der Waals surface area contributed by atoms with Crippen LogP contribution in [-0.2, 0) is 9.59 Å². The fraction of sp³-hybridized carbons (Fsp3) is 0.571. The number of hydrogen-bond acceptors (Lipinski definition) is 3. The first kappa shape index (κ1) is 9.98. The molecule has 0 atom stereocenters. The van der Waals surface area contributed by atoms with Gasteiger partial charge in [-0.15, -0.1) is 0 Å². The number of likely N-dealkylation sites (N-methyl/N-ethyl adjacent to an activating group) is 1. The highest BCUT2D eigenvalue weighted by molar-refractivity contribution is 6.65. The molecule has 1 aliphatic rings. The van der Waals surface area contributed by atoms with Gasteiger partial charge >= 0.3 is 17.2 Å². The van der Waals surface area contributed by atoms with Crippen molar-refractivity contribution in [3.05, 3.63) is 0 Å². The lowest BCUT2D eigenvalue weighted by Crippen LogP contribution is -2.54. The molecule has 3 amide bonds. The molecule has 0 saturated carbocycles. The first-order valence-corrected chi connectivity index (χ1v) is 4.26. The van der Waals surface area contributed by atoms with Crippen LogP contribution in [0, 0.1) is 0 Å². The standard InChI is InChI=1S/C7H9ClN2O3/c1-2-9-3-4-10(7(8)13)6(12)5(9)11/h2-4H2,1H3. The molecule has 0 radical (unpaired) electrons. The lowest BCUT2D eigenvalue weighted by Gasteiger charge is -2.30. The van der Waals surface area contributed by atoms with E-state index in [1.165, 1.54) is 4.90 Å². The van der Waals surface area contributed by atoms with Gasteiger partial charge < -0.3 is 4.90 Å². The maximum atomic E-state index is 11.2. The van der Waals surface area contributed by atoms with Gasteiger partial charge in [-0.25, -0.2) is 0 Å². The normalized spacial score (nSPS) is 18.0. The van der Waals surface area contributed by atoms with E-state index in [0.29, 0.717) is 13.1 Å². The summed E-state index contributed by atoms with van der Waals surface area (Å²) in [7, 11) is 0. The molecule has 0 aromatic carbocycles. The van der Waals surface area contributed by atoms with E-state index >= 15 is 0 Å². The zero-order valence-corrected chi connectivity index (χ0v) is 7.87. The summed E-state index contributed by atoms with van der Waals surface area (Å²) in [5, 5.41) is -0.894. The Morgan fingerprint density at radius 1 is 1.38 bits per heavy atom. The average molecular weight is 205 g/mol. The van der Waals surface area contributed by atoms with Crippen molar-refractivity contribution >= 4 is 28.8 Å². The molecule has 1 aliphatic heterocycles. The Morgan fingerprint density at radius 2 is 2.00 bits per heavy atom. The third-order valence-corrected chi connectivity index (χ3v) is 2.11. The minimum absolute atomic E-state index is 0.181. The molecule has 5 nitrogen and oxygen atoms in total. The molecule has 0 unspecified atom stereocenters. The Bertz CT molecular complexity index is 266. The van der Waals surface area contributed by atoms with Crippen molar-refractivity contribution in [3.63, 3.8) is 0 Å². The highest BCUT2D eigenvalue weighted by Gasteiger charge is 2.34. The van der Waals surface area contributed by atoms with Crippen LogP contribution in [0.1, 0.15) is 6.92 Å². The van der Waals surface area contributed by atoms with Gasteiger partial charge in [0.25, 0.3) is 0 Å². The van der Waals surface area contributed by atoms with Crippen LogP contribution in [0.25, 0.3) is 0 Å². The fourth-order valence-corrected chi connectivity index (χ4v) is 1.31. The van der Waals surface area contributed by atoms with E-state index in [-0.39, 0.29) is 6.54 Å². The monoisotopic (exact) mass is 204 g/mol. The number of imide groups is 1. The topological polar surface area (TPSA) is 57.7 Å². The summed E-state index contributed by atoms with van der Waals surface area (Å²) in [4.78, 5) is 35.1. The van der Waals surface area contributed by atoms with Crippen molar-refractivity contribution in [1.29, 1.82) is 0 Å². The van der Waals surface area contributed by atoms with E-state index in [1.807, 2.05) is 0 Å². The molecule has 6 heteroatoms. The van der Waals surface area contributed by atoms with Gasteiger partial charge in [-0.05, 0) is 18.5 Å². The summed E-state index contributed by atoms with van der Waals surface area (Å²) in [5.74, 6) is -1.50. The molecule has 13 heavy (non-hydrogen) atoms. The Morgan fingerprint density at radius 3 is 2.46 bits per heavy atom. The van der Waals surface area contributed by atoms with Gasteiger partial charge in [0.15, 0.2) is 0 Å². The van der Waals surface area contributed by atoms with Crippen molar-refractivity contribution < 1.29 is 14.4 Å². The number of rotatable bonds is 1. The summed E-state index contributed by atoms with van der Waals surface area (Å²) in [5.41, 5.74) is 0. The molecular weight excluding hydrogens is 196 g/mol. The molecule has 1 fully saturated rings. The molecule has 0 aromatic rings. The average Bonchev–Trinajstić information content (AvgIpc) is 2.09. The van der Waals surface area contributed by atoms with Gasteiger partial charge in [-0.3, -0.25) is 19.3 Å². The van der Waals surface area contributed by atoms with Gasteiger partial charge in [0, 0.05) is 19.6 Å². The summed E-state index contributed by atoms with van der Waals surface area (Å²) in [6, 6.07) is 0. The van der Waals surface area contributed by atoms with Crippen LogP contribution >= 0.6 is 11.6 Å². The molecule has 0 N–H and O–H groups in total. The van der Waals surface area contributed by atoms with Crippen molar-refractivity contribution in [2.75, 3.05) is 19.6 Å². The fourth-order valence-electron chi connectivity index (χ4n) is 1.14. The van der Waals surface area contributed by atoms with Crippen molar-refractivity contribution in [2.45, 2.75) is 6.92 Å². The van der Waals surface area contributed by atoms with Gasteiger partial charge in [-0.2, -0.15) is 0 Å². The molecule has 1 heterocycles. The Labute approximate surface area is 80.2 Å².